The van der Waals surface area contributed by atoms with Crippen LogP contribution >= 0.6 is 0 Å². The van der Waals surface area contributed by atoms with Crippen LogP contribution in [0.15, 0.2) is 35.0 Å². The molecular weight excluding hydrogens is 240 g/mol. The molecule has 0 aliphatic heterocycles. The summed E-state index contributed by atoms with van der Waals surface area (Å²) in [5.41, 5.74) is 10.7. The van der Waals surface area contributed by atoms with Gasteiger partial charge in [0.1, 0.15) is 17.3 Å². The molecule has 0 aliphatic rings. The summed E-state index contributed by atoms with van der Waals surface area (Å²) in [4.78, 5) is 15.2. The molecule has 1 aromatic rings. The van der Waals surface area contributed by atoms with Crippen LogP contribution in [0.5, 0.6) is 0 Å². The smallest absolute Gasteiger partial charge is 0.167 e. The SMILES string of the molecule is CCC(=O)C(=CN)C(N)=Nc1ccc(F)cc1F. The van der Waals surface area contributed by atoms with Crippen molar-refractivity contribution in [3.05, 3.63) is 41.6 Å². The number of carbonyl (C=O) groups is 1. The Morgan fingerprint density at radius 3 is 2.61 bits per heavy atom. The zero-order chi connectivity index (χ0) is 13.7. The molecule has 1 rings (SSSR count). The first-order valence-electron chi connectivity index (χ1n) is 5.24. The highest BCUT2D eigenvalue weighted by molar-refractivity contribution is 6.21. The minimum Gasteiger partial charge on any atom is -0.404 e. The number of Topliss-reactive ketones (excluding diaryl/α,β-unsaturated/α-hetero) is 1. The van der Waals surface area contributed by atoms with E-state index in [2.05, 4.69) is 4.99 Å². The van der Waals surface area contributed by atoms with Crippen LogP contribution in [0.3, 0.4) is 0 Å². The summed E-state index contributed by atoms with van der Waals surface area (Å²) in [5, 5.41) is 0. The lowest BCUT2D eigenvalue weighted by atomic mass is 10.1. The molecule has 0 aliphatic carbocycles. The van der Waals surface area contributed by atoms with Crippen LogP contribution < -0.4 is 11.5 Å². The van der Waals surface area contributed by atoms with E-state index in [4.69, 9.17) is 11.5 Å². The summed E-state index contributed by atoms with van der Waals surface area (Å²) in [6.45, 7) is 1.64. The molecule has 4 N–H and O–H groups in total. The Labute approximate surface area is 103 Å². The molecule has 1 aromatic carbocycles. The van der Waals surface area contributed by atoms with Gasteiger partial charge in [0.15, 0.2) is 11.6 Å². The van der Waals surface area contributed by atoms with Gasteiger partial charge >= 0.3 is 0 Å². The number of nitrogens with zero attached hydrogens (tertiary/aromatic N) is 1. The maximum Gasteiger partial charge on any atom is 0.167 e. The number of hydrogen-bond donors (Lipinski definition) is 2. The zero-order valence-corrected chi connectivity index (χ0v) is 9.78. The van der Waals surface area contributed by atoms with Crippen molar-refractivity contribution in [3.8, 4) is 0 Å². The highest BCUT2D eigenvalue weighted by Crippen LogP contribution is 2.19. The normalized spacial score (nSPS) is 12.6. The Hall–Kier alpha value is -2.24. The monoisotopic (exact) mass is 253 g/mol. The summed E-state index contributed by atoms with van der Waals surface area (Å²) >= 11 is 0. The van der Waals surface area contributed by atoms with E-state index in [1.807, 2.05) is 0 Å². The predicted octanol–water partition coefficient (Wildman–Crippen LogP) is 1.78. The number of nitrogens with two attached hydrogens (primary N) is 2. The van der Waals surface area contributed by atoms with Crippen molar-refractivity contribution in [2.45, 2.75) is 13.3 Å². The lowest BCUT2D eigenvalue weighted by Gasteiger charge is -2.04. The Morgan fingerprint density at radius 1 is 1.44 bits per heavy atom. The molecule has 0 unspecified atom stereocenters. The lowest BCUT2D eigenvalue weighted by molar-refractivity contribution is -0.114. The zero-order valence-electron chi connectivity index (χ0n) is 9.78. The van der Waals surface area contributed by atoms with Gasteiger partial charge in [-0.1, -0.05) is 6.92 Å². The van der Waals surface area contributed by atoms with Crippen molar-refractivity contribution < 1.29 is 13.6 Å². The number of halogens is 2. The fraction of sp³-hybridized carbons (Fsp3) is 0.167. The van der Waals surface area contributed by atoms with Gasteiger partial charge in [-0.05, 0) is 12.1 Å². The lowest BCUT2D eigenvalue weighted by Crippen LogP contribution is -2.22. The maximum atomic E-state index is 13.3. The molecule has 0 amide bonds. The second kappa shape index (κ2) is 5.90. The standard InChI is InChI=1S/C12H13F2N3O/c1-2-11(18)8(6-15)12(16)17-10-4-3-7(13)5-9(10)14/h3-6H,2,15H2,1H3,(H2,16,17). The number of ketones is 1. The highest BCUT2D eigenvalue weighted by atomic mass is 19.1. The Bertz CT molecular complexity index is 524. The largest absolute Gasteiger partial charge is 0.404 e. The molecule has 96 valence electrons. The molecule has 18 heavy (non-hydrogen) atoms. The van der Waals surface area contributed by atoms with Gasteiger partial charge in [0.05, 0.1) is 5.57 Å². The van der Waals surface area contributed by atoms with E-state index in [1.165, 1.54) is 0 Å². The van der Waals surface area contributed by atoms with Gasteiger partial charge in [-0.25, -0.2) is 13.8 Å². The molecule has 6 heteroatoms. The summed E-state index contributed by atoms with van der Waals surface area (Å²) in [5.74, 6) is -2.08. The fourth-order valence-electron chi connectivity index (χ4n) is 1.27. The van der Waals surface area contributed by atoms with Crippen molar-refractivity contribution >= 4 is 17.3 Å². The van der Waals surface area contributed by atoms with Crippen LogP contribution in [0.25, 0.3) is 0 Å². The van der Waals surface area contributed by atoms with E-state index in [0.717, 1.165) is 18.3 Å². The van der Waals surface area contributed by atoms with Crippen LogP contribution in [0.2, 0.25) is 0 Å². The molecule has 4 nitrogen and oxygen atoms in total. The number of benzene rings is 1. The summed E-state index contributed by atoms with van der Waals surface area (Å²) in [6.07, 6.45) is 1.22. The molecule has 0 atom stereocenters. The molecule has 0 radical (unpaired) electrons. The molecule has 0 heterocycles. The van der Waals surface area contributed by atoms with E-state index in [1.54, 1.807) is 6.92 Å². The summed E-state index contributed by atoms with van der Waals surface area (Å²) in [6, 6.07) is 2.85. The number of aliphatic imine (C=N–C) groups is 1. The molecular formula is C12H13F2N3O. The molecule has 0 spiro atoms. The molecule has 0 fully saturated rings. The van der Waals surface area contributed by atoms with Gasteiger partial charge in [0, 0.05) is 18.7 Å². The topological polar surface area (TPSA) is 81.5 Å². The Balaban J connectivity index is 3.12. The predicted molar refractivity (Wildman–Crippen MR) is 65.2 cm³/mol. The average Bonchev–Trinajstić information content (AvgIpc) is 2.33. The van der Waals surface area contributed by atoms with E-state index in [9.17, 15) is 13.6 Å². The van der Waals surface area contributed by atoms with Crippen LogP contribution in [0.4, 0.5) is 14.5 Å². The average molecular weight is 253 g/mol. The first kappa shape index (κ1) is 13.8. The van der Waals surface area contributed by atoms with Crippen molar-refractivity contribution in [1.29, 1.82) is 0 Å². The van der Waals surface area contributed by atoms with Gasteiger partial charge < -0.3 is 11.5 Å². The summed E-state index contributed by atoms with van der Waals surface area (Å²) in [7, 11) is 0. The van der Waals surface area contributed by atoms with Gasteiger partial charge in [0.25, 0.3) is 0 Å². The first-order valence-corrected chi connectivity index (χ1v) is 5.24. The van der Waals surface area contributed by atoms with Crippen molar-refractivity contribution in [2.24, 2.45) is 16.5 Å². The van der Waals surface area contributed by atoms with Crippen molar-refractivity contribution in [1.82, 2.24) is 0 Å². The van der Waals surface area contributed by atoms with Crippen molar-refractivity contribution in [3.63, 3.8) is 0 Å². The van der Waals surface area contributed by atoms with Gasteiger partial charge in [0.2, 0.25) is 0 Å². The number of rotatable bonds is 4. The Kier molecular flexibility index (Phi) is 4.53. The fourth-order valence-corrected chi connectivity index (χ4v) is 1.27. The number of amidine groups is 1. The highest BCUT2D eigenvalue weighted by Gasteiger charge is 2.12. The van der Waals surface area contributed by atoms with E-state index >= 15 is 0 Å². The van der Waals surface area contributed by atoms with Gasteiger partial charge in [-0.15, -0.1) is 0 Å². The van der Waals surface area contributed by atoms with E-state index in [-0.39, 0.29) is 29.3 Å². The second-order valence-corrected chi connectivity index (χ2v) is 3.45. The van der Waals surface area contributed by atoms with Crippen LogP contribution in [0, 0.1) is 11.6 Å². The Morgan fingerprint density at radius 2 is 2.11 bits per heavy atom. The van der Waals surface area contributed by atoms with Crippen LogP contribution in [0.1, 0.15) is 13.3 Å². The molecule has 0 saturated carbocycles. The number of carbonyl (C=O) groups excluding carboxylic acids is 1. The maximum absolute atomic E-state index is 13.3. The van der Waals surface area contributed by atoms with Crippen molar-refractivity contribution in [2.75, 3.05) is 0 Å². The third-order valence-electron chi connectivity index (χ3n) is 2.21. The third-order valence-corrected chi connectivity index (χ3v) is 2.21. The quantitative estimate of drug-likeness (QED) is 0.487. The van der Waals surface area contributed by atoms with Crippen LogP contribution in [-0.2, 0) is 4.79 Å². The molecule has 0 bridgehead atoms. The summed E-state index contributed by atoms with van der Waals surface area (Å²) < 4.78 is 26.0. The number of hydrogen-bond acceptors (Lipinski definition) is 3. The first-order chi connectivity index (χ1) is 8.49. The molecule has 0 saturated heterocycles. The van der Waals surface area contributed by atoms with Crippen LogP contribution in [-0.4, -0.2) is 11.6 Å². The minimum atomic E-state index is -0.863. The van der Waals surface area contributed by atoms with Gasteiger partial charge in [-0.2, -0.15) is 0 Å². The van der Waals surface area contributed by atoms with E-state index < -0.39 is 11.6 Å². The minimum absolute atomic E-state index is 0.0150. The van der Waals surface area contributed by atoms with Gasteiger partial charge in [-0.3, -0.25) is 4.79 Å². The van der Waals surface area contributed by atoms with E-state index in [0.29, 0.717) is 6.07 Å². The molecule has 0 aromatic heterocycles. The third kappa shape index (κ3) is 3.13. The second-order valence-electron chi connectivity index (χ2n) is 3.45.